The number of carboxylic acids is 1. The Bertz CT molecular complexity index is 5970. The maximum Gasteiger partial charge on any atom is 0.360 e. The monoisotopic (exact) mass is 1540 g/mol. The number of rotatable bonds is 19. The van der Waals surface area contributed by atoms with Crippen molar-refractivity contribution in [2.24, 2.45) is 5.73 Å². The van der Waals surface area contributed by atoms with E-state index in [9.17, 15) is 19.2 Å². The van der Waals surface area contributed by atoms with Gasteiger partial charge in [-0.05, 0) is 164 Å². The molecule has 0 bridgehead atoms. The van der Waals surface area contributed by atoms with Crippen LogP contribution in [-0.4, -0.2) is 155 Å². The molecule has 34 heteroatoms. The van der Waals surface area contributed by atoms with E-state index in [0.717, 1.165) is 78.6 Å². The zero-order valence-corrected chi connectivity index (χ0v) is 61.9. The van der Waals surface area contributed by atoms with Gasteiger partial charge in [-0.15, -0.1) is 32.0 Å². The van der Waals surface area contributed by atoms with Crippen molar-refractivity contribution in [1.29, 1.82) is 0 Å². The highest BCUT2D eigenvalue weighted by atomic mass is 35.5. The molecular weight excluding hydrogens is 1470 g/mol. The van der Waals surface area contributed by atoms with E-state index < -0.39 is 17.9 Å². The Morgan fingerprint density at radius 2 is 0.918 bits per heavy atom. The number of carbonyl (C=O) groups excluding carboxylic acids is 3. The number of imidazole rings is 5. The fourth-order valence-corrected chi connectivity index (χ4v) is 12.9. The lowest BCUT2D eigenvalue weighted by molar-refractivity contribution is 0.0584. The number of Topliss-reactive ketones (excluding diaryl/α,β-unsaturated/α-hetero) is 1. The van der Waals surface area contributed by atoms with Crippen LogP contribution in [0.25, 0.3) is 33.6 Å². The van der Waals surface area contributed by atoms with E-state index in [4.69, 9.17) is 45.6 Å². The number of aromatic amines is 1. The maximum absolute atomic E-state index is 12.7. The SMILES string of the molecule is COC(=O)c1cn[nH]n1.COC(=O)c1cnn(Cc2cn3cc(C4CC4)ccc3n2)n1.ClCc1cn2cc(C3CC3)ccc2n1.NCc1ccn2ccc(Cl)cc12.O=C(CCc1ncn2ccc(Cl)cc12)c1cnn(Cc2cn3cc(C4CC4)ccc3n2)n1.O=C(O)c1cnn(Cc2cn3cc(C4CC4)ccc3n2)n1. The number of aryl methyl sites for hydroxylation is 1. The van der Waals surface area contributed by atoms with Crippen LogP contribution in [0.2, 0.25) is 10.0 Å². The first-order chi connectivity index (χ1) is 53.5. The van der Waals surface area contributed by atoms with Crippen molar-refractivity contribution in [2.75, 3.05) is 14.2 Å². The highest BCUT2D eigenvalue weighted by molar-refractivity contribution is 6.31. The van der Waals surface area contributed by atoms with Crippen LogP contribution in [0.5, 0.6) is 0 Å². The van der Waals surface area contributed by atoms with Gasteiger partial charge in [0.05, 0.1) is 90.7 Å². The fourth-order valence-electron chi connectivity index (χ4n) is 12.4. The number of carbonyl (C=O) groups is 4. The Morgan fingerprint density at radius 3 is 1.35 bits per heavy atom. The Labute approximate surface area is 641 Å². The molecule has 4 aliphatic carbocycles. The zero-order valence-electron chi connectivity index (χ0n) is 59.6. The number of aromatic nitrogens is 23. The number of hydrogen-bond acceptors (Lipinski definition) is 20. The van der Waals surface area contributed by atoms with Crippen LogP contribution in [-0.2, 0) is 48.0 Å². The van der Waals surface area contributed by atoms with Gasteiger partial charge in [0.15, 0.2) is 22.9 Å². The summed E-state index contributed by atoms with van der Waals surface area (Å²) in [5.74, 6) is 1.27. The van der Waals surface area contributed by atoms with E-state index in [0.29, 0.717) is 73.4 Å². The molecule has 20 rings (SSSR count). The number of nitrogens with one attached hydrogen (secondary N) is 1. The quantitative estimate of drug-likeness (QED) is 0.0384. The second-order valence-electron chi connectivity index (χ2n) is 26.9. The molecule has 4 aliphatic rings. The molecule has 560 valence electrons. The van der Waals surface area contributed by atoms with Crippen LogP contribution in [0.4, 0.5) is 0 Å². The highest BCUT2D eigenvalue weighted by Crippen LogP contribution is 2.42. The lowest BCUT2D eigenvalue weighted by Gasteiger charge is -1.99. The van der Waals surface area contributed by atoms with Gasteiger partial charge in [0.25, 0.3) is 0 Å². The number of fused-ring (bicyclic) bond motifs is 6. The summed E-state index contributed by atoms with van der Waals surface area (Å²) in [5.41, 5.74) is 22.8. The number of nitrogens with two attached hydrogens (primary N) is 1. The average molecular weight is 1540 g/mol. The first-order valence-corrected chi connectivity index (χ1v) is 36.9. The number of ketones is 1. The van der Waals surface area contributed by atoms with Gasteiger partial charge in [0.1, 0.15) is 47.9 Å². The Hall–Kier alpha value is -12.3. The minimum Gasteiger partial charge on any atom is -0.476 e. The molecular formula is C76H73Cl3N24O7. The second-order valence-corrected chi connectivity index (χ2v) is 28.1. The minimum atomic E-state index is -1.08. The van der Waals surface area contributed by atoms with E-state index in [2.05, 4.69) is 150 Å². The summed E-state index contributed by atoms with van der Waals surface area (Å²) in [6.07, 6.45) is 40.6. The number of pyridine rings is 6. The van der Waals surface area contributed by atoms with Gasteiger partial charge >= 0.3 is 17.9 Å². The van der Waals surface area contributed by atoms with Crippen molar-refractivity contribution in [3.8, 4) is 0 Å². The molecule has 0 spiro atoms. The summed E-state index contributed by atoms with van der Waals surface area (Å²) in [7, 11) is 2.61. The van der Waals surface area contributed by atoms with Gasteiger partial charge < -0.3 is 46.7 Å². The number of esters is 2. The van der Waals surface area contributed by atoms with Crippen molar-refractivity contribution < 1.29 is 33.8 Å². The molecule has 4 fully saturated rings. The molecule has 0 radical (unpaired) electrons. The Morgan fingerprint density at radius 1 is 0.500 bits per heavy atom. The first kappa shape index (κ1) is 73.2. The average Bonchev–Trinajstić information content (AvgIpc) is 1.66. The summed E-state index contributed by atoms with van der Waals surface area (Å²) in [4.78, 5) is 72.1. The molecule has 110 heavy (non-hydrogen) atoms. The number of aromatic carboxylic acids is 1. The highest BCUT2D eigenvalue weighted by Gasteiger charge is 2.27. The number of H-pyrrole nitrogens is 1. The molecule has 4 N–H and O–H groups in total. The second kappa shape index (κ2) is 32.6. The van der Waals surface area contributed by atoms with Crippen LogP contribution in [0.3, 0.4) is 0 Å². The summed E-state index contributed by atoms with van der Waals surface area (Å²) >= 11 is 17.7. The Kier molecular flexibility index (Phi) is 21.7. The van der Waals surface area contributed by atoms with Gasteiger partial charge in [-0.2, -0.15) is 40.0 Å². The van der Waals surface area contributed by atoms with Crippen molar-refractivity contribution in [2.45, 2.75) is 120 Å². The smallest absolute Gasteiger partial charge is 0.360 e. The number of carboxylic acid groups (broad SMARTS) is 1. The van der Waals surface area contributed by atoms with E-state index in [1.807, 2.05) is 97.4 Å². The number of halogens is 3. The zero-order chi connectivity index (χ0) is 75.9. The minimum absolute atomic E-state index is 0.0604. The van der Waals surface area contributed by atoms with Crippen molar-refractivity contribution in [1.82, 2.24) is 112 Å². The Balaban J connectivity index is 0.000000110. The maximum atomic E-state index is 12.7. The third-order valence-corrected chi connectivity index (χ3v) is 19.5. The standard InChI is InChI=1S/C23H20ClN7O.C15H15N5O2.C14H13N5O2.C11H11ClN2.C9H9ClN2.C4H5N3O2/c24-17-7-8-29-14-25-19(21(29)9-17)4-5-22(32)20-10-26-31(28-20)13-18-12-30-11-16(15-1-2-15)3-6-23(30)27-18;1-22-15(21)13-6-16-20(18-13)9-12-8-19-7-11(10-2-3-10)4-5-14(19)17-12;20-14(21)12-5-15-19(17-12)8-11-7-18-6-10(9-1-2-9)3-4-13(18)16-11;12-5-10-7-14-6-9(8-1-2-8)3-4-11(14)13-10;10-8-2-4-12-3-1-7(6-11)9(12)5-8;1-9-4(8)3-2-5-7-6-3/h3,6-12,14-15H,1-2,4-5,13H2;4-8,10H,2-3,9H2,1H3;3-7,9H,1-2,8H2,(H,20,21);3-4,6-8H,1-2,5H2;1-5H,6,11H2;2H,1H3,(H,5,6,7). The predicted molar refractivity (Wildman–Crippen MR) is 405 cm³/mol. The number of ether oxygens (including phenoxy) is 2. The molecule has 0 aromatic carbocycles. The van der Waals surface area contributed by atoms with E-state index in [1.165, 1.54) is 127 Å². The third kappa shape index (κ3) is 17.9. The number of nitrogens with zero attached hydrogens (tertiary/aromatic N) is 22. The van der Waals surface area contributed by atoms with Crippen molar-refractivity contribution in [3.63, 3.8) is 0 Å². The summed E-state index contributed by atoms with van der Waals surface area (Å²) < 4.78 is 21.0. The van der Waals surface area contributed by atoms with Crippen LogP contribution in [0.15, 0.2) is 178 Å². The van der Waals surface area contributed by atoms with Gasteiger partial charge in [0.2, 0.25) is 0 Å². The summed E-state index contributed by atoms with van der Waals surface area (Å²) in [5, 5.41) is 44.0. The molecule has 31 nitrogen and oxygen atoms in total. The number of methoxy groups -OCH3 is 2. The third-order valence-electron chi connectivity index (χ3n) is 18.8. The number of alkyl halides is 1. The predicted octanol–water partition coefficient (Wildman–Crippen LogP) is 11.7. The van der Waals surface area contributed by atoms with Crippen molar-refractivity contribution in [3.05, 3.63) is 267 Å². The van der Waals surface area contributed by atoms with Crippen LogP contribution in [0, 0.1) is 0 Å². The fraction of sp³-hybridized carbons (Fsp3) is 0.276. The lowest BCUT2D eigenvalue weighted by Crippen LogP contribution is -2.07. The molecule has 16 heterocycles. The van der Waals surface area contributed by atoms with Crippen molar-refractivity contribution >= 4 is 92.1 Å². The summed E-state index contributed by atoms with van der Waals surface area (Å²) in [6, 6.07) is 26.2. The molecule has 0 aliphatic heterocycles. The molecule has 0 atom stereocenters. The topological polar surface area (TPSA) is 358 Å². The lowest BCUT2D eigenvalue weighted by atomic mass is 10.1. The van der Waals surface area contributed by atoms with Crippen LogP contribution >= 0.6 is 34.8 Å². The molecule has 16 aromatic rings. The van der Waals surface area contributed by atoms with E-state index in [-0.39, 0.29) is 22.9 Å². The molecule has 4 saturated carbocycles. The molecule has 0 unspecified atom stereocenters. The van der Waals surface area contributed by atoms with Crippen LogP contribution in [0.1, 0.15) is 180 Å². The molecule has 16 aromatic heterocycles. The largest absolute Gasteiger partial charge is 0.476 e. The van der Waals surface area contributed by atoms with Gasteiger partial charge in [-0.25, -0.2) is 39.3 Å². The first-order valence-electron chi connectivity index (χ1n) is 35.6. The van der Waals surface area contributed by atoms with E-state index >= 15 is 0 Å². The number of hydrogen-bond donors (Lipinski definition) is 3. The van der Waals surface area contributed by atoms with Gasteiger partial charge in [-0.3, -0.25) is 4.79 Å². The summed E-state index contributed by atoms with van der Waals surface area (Å²) in [6.45, 7) is 1.74. The van der Waals surface area contributed by atoms with E-state index in [1.54, 1.807) is 12.4 Å². The van der Waals surface area contributed by atoms with Crippen LogP contribution < -0.4 is 5.73 Å². The normalized spacial score (nSPS) is 13.7. The van der Waals surface area contributed by atoms with Gasteiger partial charge in [-0.1, -0.05) is 47.5 Å². The molecule has 0 amide bonds. The molecule has 0 saturated heterocycles. The van der Waals surface area contributed by atoms with Gasteiger partial charge in [0, 0.05) is 91.2 Å².